The molecule has 0 N–H and O–H groups in total. The van der Waals surface area contributed by atoms with Crippen LogP contribution >= 0.6 is 11.3 Å². The van der Waals surface area contributed by atoms with E-state index in [9.17, 15) is 8.22 Å². The number of nitrogens with zero attached hydrogens (tertiary/aromatic N) is 3. The lowest BCUT2D eigenvalue weighted by atomic mass is 9.97. The summed E-state index contributed by atoms with van der Waals surface area (Å²) in [6.07, 6.45) is 0. The summed E-state index contributed by atoms with van der Waals surface area (Å²) in [4.78, 5) is 14.6. The number of aromatic nitrogens is 3. The Hall–Kier alpha value is -8.19. The van der Waals surface area contributed by atoms with Gasteiger partial charge in [0.05, 0.1) is 24.7 Å². The third-order valence-electron chi connectivity index (χ3n) is 10.8. The monoisotopic (exact) mass is 841 g/mol. The van der Waals surface area contributed by atoms with Crippen LogP contribution in [0.1, 0.15) is 24.7 Å². The van der Waals surface area contributed by atoms with Gasteiger partial charge in [-0.05, 0) is 100.0 Å². The zero-order chi connectivity index (χ0) is 57.1. The van der Waals surface area contributed by atoms with Crippen LogP contribution in [0.3, 0.4) is 0 Å². The fourth-order valence-electron chi connectivity index (χ4n) is 7.83. The number of rotatable bonds is 6. The van der Waals surface area contributed by atoms with Crippen LogP contribution in [-0.4, -0.2) is 15.0 Å². The molecule has 0 saturated carbocycles. The maximum atomic E-state index is 9.77. The summed E-state index contributed by atoms with van der Waals surface area (Å²) in [6, 6.07) is 17.5. The summed E-state index contributed by atoms with van der Waals surface area (Å²) in [5.41, 5.74) is 2.00. The average Bonchev–Trinajstić information content (AvgIpc) is 3.45. The molecule has 0 aliphatic heterocycles. The Bertz CT molecular complexity index is 4960. The third kappa shape index (κ3) is 6.03. The lowest BCUT2D eigenvalue weighted by Gasteiger charge is -2.09. The van der Waals surface area contributed by atoms with Crippen molar-refractivity contribution < 1.29 is 33.5 Å². The van der Waals surface area contributed by atoms with E-state index in [1.807, 2.05) is 42.5 Å². The van der Waals surface area contributed by atoms with Crippen LogP contribution in [-0.2, 0) is 0 Å². The van der Waals surface area contributed by atoms with Crippen molar-refractivity contribution in [2.24, 2.45) is 0 Å². The number of thiophene rings is 1. The fourth-order valence-corrected chi connectivity index (χ4v) is 8.75. The van der Waals surface area contributed by atoms with E-state index < -0.39 is 108 Å². The Labute approximate surface area is 390 Å². The highest BCUT2D eigenvalue weighted by molar-refractivity contribution is 7.25. The van der Waals surface area contributed by atoms with E-state index in [1.54, 1.807) is 48.5 Å². The highest BCUT2D eigenvalue weighted by atomic mass is 32.1. The van der Waals surface area contributed by atoms with Crippen molar-refractivity contribution >= 4 is 75.4 Å². The molecule has 0 bridgehead atoms. The molecule has 4 heterocycles. The summed E-state index contributed by atoms with van der Waals surface area (Å²) < 4.78 is 173. The largest absolute Gasteiger partial charge is 0.456 e. The molecule has 0 aliphatic carbocycles. The zero-order valence-electron chi connectivity index (χ0n) is 50.2. The van der Waals surface area contributed by atoms with Crippen LogP contribution in [0, 0.1) is 0 Å². The van der Waals surface area contributed by atoms with E-state index in [-0.39, 0.29) is 82.8 Å². The van der Waals surface area contributed by atoms with Crippen molar-refractivity contribution in [1.29, 1.82) is 0 Å². The first kappa shape index (κ1) is 22.1. The van der Waals surface area contributed by atoms with Gasteiger partial charge in [0.25, 0.3) is 0 Å². The van der Waals surface area contributed by atoms with Crippen LogP contribution in [0.2, 0.25) is 0 Å². The quantitative estimate of drug-likeness (QED) is 0.167. The van der Waals surface area contributed by atoms with Gasteiger partial charge < -0.3 is 8.83 Å². The molecule has 5 nitrogen and oxygen atoms in total. The molecule has 0 spiro atoms. The summed E-state index contributed by atoms with van der Waals surface area (Å²) in [5, 5.41) is 0.481. The number of benzene rings is 9. The normalized spacial score (nSPS) is 15.8. The fraction of sp³-hybridized carbons (Fsp3) is 0. The Balaban J connectivity index is 1.03. The molecule has 4 aromatic heterocycles. The Kier molecular flexibility index (Phi) is 4.97. The maximum absolute atomic E-state index is 9.77. The van der Waals surface area contributed by atoms with Gasteiger partial charge in [-0.2, -0.15) is 0 Å². The number of hydrogen-bond acceptors (Lipinski definition) is 6. The molecule has 6 heteroatoms. The average molecular weight is 842 g/mol. The second-order valence-corrected chi connectivity index (χ2v) is 15.6. The summed E-state index contributed by atoms with van der Waals surface area (Å²) in [5.74, 6) is -0.0602. The van der Waals surface area contributed by atoms with E-state index in [2.05, 4.69) is 0 Å². The van der Waals surface area contributed by atoms with Gasteiger partial charge in [0.1, 0.15) is 22.3 Å². The first-order chi connectivity index (χ1) is 38.7. The first-order valence-electron chi connectivity index (χ1n) is 28.5. The van der Waals surface area contributed by atoms with Gasteiger partial charge >= 0.3 is 0 Å². The number of furan rings is 2. The molecule has 63 heavy (non-hydrogen) atoms. The summed E-state index contributed by atoms with van der Waals surface area (Å²) >= 11 is 0.813. The minimum Gasteiger partial charge on any atom is -0.456 e. The van der Waals surface area contributed by atoms with Gasteiger partial charge in [-0.1, -0.05) is 133 Å². The van der Waals surface area contributed by atoms with Crippen molar-refractivity contribution in [1.82, 2.24) is 15.0 Å². The van der Waals surface area contributed by atoms with Gasteiger partial charge in [0, 0.05) is 58.4 Å². The second kappa shape index (κ2) is 14.2. The molecule has 0 aliphatic rings. The van der Waals surface area contributed by atoms with Crippen molar-refractivity contribution in [2.75, 3.05) is 0 Å². The molecule has 9 aromatic carbocycles. The van der Waals surface area contributed by atoms with Gasteiger partial charge in [-0.3, -0.25) is 0 Å². The molecule has 0 fully saturated rings. The van der Waals surface area contributed by atoms with Crippen molar-refractivity contribution in [3.8, 4) is 67.5 Å². The maximum Gasteiger partial charge on any atom is 0.164 e. The lowest BCUT2D eigenvalue weighted by Crippen LogP contribution is -2.00. The van der Waals surface area contributed by atoms with Gasteiger partial charge in [0.2, 0.25) is 0 Å². The van der Waals surface area contributed by atoms with E-state index in [0.29, 0.717) is 38.6 Å². The number of fused-ring (bicyclic) bond motifs is 9. The molecule has 13 aromatic rings. The van der Waals surface area contributed by atoms with E-state index >= 15 is 0 Å². The number of hydrogen-bond donors (Lipinski definition) is 0. The van der Waals surface area contributed by atoms with Gasteiger partial charge in [-0.15, -0.1) is 11.3 Å². The smallest absolute Gasteiger partial charge is 0.164 e. The third-order valence-corrected chi connectivity index (χ3v) is 11.9. The minimum atomic E-state index is -0.717. The van der Waals surface area contributed by atoms with Crippen molar-refractivity contribution in [2.45, 2.75) is 0 Å². The topological polar surface area (TPSA) is 65.0 Å². The van der Waals surface area contributed by atoms with E-state index in [4.69, 9.17) is 40.2 Å². The van der Waals surface area contributed by atoms with Crippen molar-refractivity contribution in [3.63, 3.8) is 0 Å². The van der Waals surface area contributed by atoms with E-state index in [0.717, 1.165) is 22.5 Å². The Morgan fingerprint density at radius 1 is 0.365 bits per heavy atom. The van der Waals surface area contributed by atoms with Crippen LogP contribution in [0.15, 0.2) is 209 Å². The lowest BCUT2D eigenvalue weighted by molar-refractivity contribution is 0.668. The molecular weight excluding hydrogens is 791 g/mol. The van der Waals surface area contributed by atoms with Gasteiger partial charge in [0.15, 0.2) is 17.5 Å². The first-order valence-corrected chi connectivity index (χ1v) is 20.3. The standard InChI is InChI=1S/C57H33N3O2S/c1-3-10-34(11-4-1)36-18-20-37(21-19-36)55-58-56(40-24-28-48-46(31-40)43-26-22-38(32-50(43)61-48)35-12-5-2-6-13-35)60-57(59-55)41-23-27-45-51(33-41)62-49-16-9-15-42(54(45)49)39-25-29-53-47(30-39)44-14-7-8-17-52(44)63-53/h1-33H/i2D,5D,6D,7D,8D,9D,12D,13D,14D,15D,16D,17D,23D,25D,27D,29D,30D,33D. The zero-order valence-corrected chi connectivity index (χ0v) is 33.0. The molecule has 0 amide bonds. The molecule has 13 rings (SSSR count). The van der Waals surface area contributed by atoms with Crippen LogP contribution in [0.4, 0.5) is 0 Å². The molecule has 0 atom stereocenters. The molecular formula is C57H33N3O2S. The Morgan fingerprint density at radius 2 is 1.06 bits per heavy atom. The predicted octanol–water partition coefficient (Wildman–Crippen LogP) is 16.0. The minimum absolute atomic E-state index is 0.00680. The molecule has 0 radical (unpaired) electrons. The molecule has 0 saturated heterocycles. The molecule has 0 unspecified atom stereocenters. The molecule has 294 valence electrons. The Morgan fingerprint density at radius 3 is 1.94 bits per heavy atom. The SMILES string of the molecule is [2H]c1c([2H])c([2H])c(-c2ccc3c(c2)oc2ccc(-c4nc(-c5ccc(-c6ccccc6)cc5)nc(-c5c([2H])c([2H])c6c(oc7c([2H])c([2H])c([2H])c(-c8c([2H])c([2H])c9sc%10c([2H])c([2H])c([2H])c([2H])c%10c9c8[2H])c76)c5[2H])n4)cc23)c([2H])c1[2H]. The summed E-state index contributed by atoms with van der Waals surface area (Å²) in [6.45, 7) is 0. The predicted molar refractivity (Wildman–Crippen MR) is 260 cm³/mol. The van der Waals surface area contributed by atoms with Crippen molar-refractivity contribution in [3.05, 3.63) is 200 Å². The second-order valence-electron chi connectivity index (χ2n) is 14.5. The van der Waals surface area contributed by atoms with Gasteiger partial charge in [-0.25, -0.2) is 15.0 Å². The highest BCUT2D eigenvalue weighted by Gasteiger charge is 2.19. The van der Waals surface area contributed by atoms with Crippen LogP contribution < -0.4 is 0 Å². The highest BCUT2D eigenvalue weighted by Crippen LogP contribution is 2.42. The van der Waals surface area contributed by atoms with E-state index in [1.165, 1.54) is 0 Å². The van der Waals surface area contributed by atoms with Crippen LogP contribution in [0.25, 0.3) is 132 Å². The summed E-state index contributed by atoms with van der Waals surface area (Å²) in [7, 11) is 0. The van der Waals surface area contributed by atoms with Crippen LogP contribution in [0.5, 0.6) is 0 Å².